The van der Waals surface area contributed by atoms with Crippen LogP contribution in [0.1, 0.15) is 23.0 Å². The fourth-order valence-corrected chi connectivity index (χ4v) is 2.14. The Balaban J connectivity index is 1.77. The van der Waals surface area contributed by atoms with Gasteiger partial charge in [0, 0.05) is 42.4 Å². The summed E-state index contributed by atoms with van der Waals surface area (Å²) in [4.78, 5) is 11.7. The minimum absolute atomic E-state index is 0.226. The molecule has 0 radical (unpaired) electrons. The van der Waals surface area contributed by atoms with Crippen molar-refractivity contribution in [1.82, 2.24) is 25.6 Å². The van der Waals surface area contributed by atoms with E-state index in [-0.39, 0.29) is 5.91 Å². The highest BCUT2D eigenvalue weighted by Gasteiger charge is 2.21. The minimum Gasteiger partial charge on any atom is -0.351 e. The van der Waals surface area contributed by atoms with Crippen molar-refractivity contribution in [3.8, 4) is 0 Å². The predicted molar refractivity (Wildman–Crippen MR) is 67.8 cm³/mol. The van der Waals surface area contributed by atoms with E-state index in [1.54, 1.807) is 17.1 Å². The molecule has 0 aliphatic carbocycles. The van der Waals surface area contributed by atoms with E-state index >= 15 is 0 Å². The number of nitrogens with one attached hydrogen (secondary N) is 2. The Morgan fingerprint density at radius 2 is 2.44 bits per heavy atom. The lowest BCUT2D eigenvalue weighted by Gasteiger charge is -2.26. The fraction of sp³-hybridized carbons (Fsp3) is 0.700. The van der Waals surface area contributed by atoms with Crippen molar-refractivity contribution in [2.75, 3.05) is 31.6 Å². The second-order valence-electron chi connectivity index (χ2n) is 4.28. The zero-order valence-corrected chi connectivity index (χ0v) is 11.1. The topological polar surface area (TPSA) is 88.9 Å². The van der Waals surface area contributed by atoms with Crippen molar-refractivity contribution in [2.24, 2.45) is 0 Å². The summed E-state index contributed by atoms with van der Waals surface area (Å²) in [6.45, 7) is 2.25. The second kappa shape index (κ2) is 6.05. The molecule has 2 rings (SSSR count). The van der Waals surface area contributed by atoms with Crippen LogP contribution in [0.5, 0.6) is 0 Å². The summed E-state index contributed by atoms with van der Waals surface area (Å²) >= 11 is 0. The Kier molecular flexibility index (Phi) is 4.43. The lowest BCUT2D eigenvalue weighted by Crippen LogP contribution is -2.43. The quantitative estimate of drug-likeness (QED) is 0.643. The maximum Gasteiger partial charge on any atom is 0.273 e. The van der Waals surface area contributed by atoms with E-state index in [1.165, 1.54) is 0 Å². The SMILES string of the molecule is CS(=O)CCCNC(=O)c1cn(C2CNC2)nn1. The maximum absolute atomic E-state index is 11.7. The van der Waals surface area contributed by atoms with Crippen molar-refractivity contribution < 1.29 is 9.00 Å². The third kappa shape index (κ3) is 3.36. The van der Waals surface area contributed by atoms with Gasteiger partial charge >= 0.3 is 0 Å². The first-order chi connectivity index (χ1) is 8.66. The van der Waals surface area contributed by atoms with Crippen LogP contribution in [0, 0.1) is 0 Å². The molecule has 100 valence electrons. The average Bonchev–Trinajstić information content (AvgIpc) is 2.70. The summed E-state index contributed by atoms with van der Waals surface area (Å²) in [5.74, 6) is 0.371. The molecular weight excluding hydrogens is 254 g/mol. The van der Waals surface area contributed by atoms with E-state index in [1.807, 2.05) is 0 Å². The van der Waals surface area contributed by atoms with E-state index in [2.05, 4.69) is 20.9 Å². The van der Waals surface area contributed by atoms with Crippen molar-refractivity contribution in [3.05, 3.63) is 11.9 Å². The van der Waals surface area contributed by atoms with Crippen LogP contribution < -0.4 is 10.6 Å². The molecule has 1 amide bonds. The molecule has 0 bridgehead atoms. The van der Waals surface area contributed by atoms with E-state index in [0.717, 1.165) is 13.1 Å². The Bertz CT molecular complexity index is 443. The van der Waals surface area contributed by atoms with Crippen LogP contribution in [0.15, 0.2) is 6.20 Å². The van der Waals surface area contributed by atoms with Crippen LogP contribution in [0.3, 0.4) is 0 Å². The highest BCUT2D eigenvalue weighted by atomic mass is 32.2. The second-order valence-corrected chi connectivity index (χ2v) is 5.84. The van der Waals surface area contributed by atoms with Gasteiger partial charge in [0.25, 0.3) is 5.91 Å². The third-order valence-corrected chi connectivity index (χ3v) is 3.63. The van der Waals surface area contributed by atoms with Crippen LogP contribution >= 0.6 is 0 Å². The molecule has 1 aromatic rings. The number of hydrogen-bond acceptors (Lipinski definition) is 5. The molecule has 0 aromatic carbocycles. The van der Waals surface area contributed by atoms with Gasteiger partial charge < -0.3 is 10.6 Å². The highest BCUT2D eigenvalue weighted by molar-refractivity contribution is 7.84. The first kappa shape index (κ1) is 13.2. The molecule has 0 saturated carbocycles. The largest absolute Gasteiger partial charge is 0.351 e. The van der Waals surface area contributed by atoms with Gasteiger partial charge in [-0.15, -0.1) is 5.10 Å². The Morgan fingerprint density at radius 1 is 1.67 bits per heavy atom. The van der Waals surface area contributed by atoms with Gasteiger partial charge in [-0.3, -0.25) is 9.00 Å². The molecule has 0 spiro atoms. The zero-order valence-electron chi connectivity index (χ0n) is 10.3. The number of amides is 1. The first-order valence-corrected chi connectivity index (χ1v) is 7.60. The molecule has 1 saturated heterocycles. The van der Waals surface area contributed by atoms with Gasteiger partial charge in [-0.1, -0.05) is 5.21 Å². The normalized spacial score (nSPS) is 17.2. The molecule has 7 nitrogen and oxygen atoms in total. The van der Waals surface area contributed by atoms with Crippen molar-refractivity contribution in [1.29, 1.82) is 0 Å². The molecule has 1 unspecified atom stereocenters. The summed E-state index contributed by atoms with van der Waals surface area (Å²) in [5, 5.41) is 13.6. The molecule has 2 N–H and O–H groups in total. The molecule has 1 aromatic heterocycles. The molecule has 1 atom stereocenters. The Hall–Kier alpha value is -1.28. The molecule has 2 heterocycles. The monoisotopic (exact) mass is 271 g/mol. The third-order valence-electron chi connectivity index (χ3n) is 2.77. The van der Waals surface area contributed by atoms with E-state index < -0.39 is 10.8 Å². The summed E-state index contributed by atoms with van der Waals surface area (Å²) in [6.07, 6.45) is 4.02. The predicted octanol–water partition coefficient (Wildman–Crippen LogP) is -1.08. The summed E-state index contributed by atoms with van der Waals surface area (Å²) < 4.78 is 12.6. The van der Waals surface area contributed by atoms with Gasteiger partial charge in [-0.05, 0) is 6.42 Å². The van der Waals surface area contributed by atoms with Crippen LogP contribution in [-0.4, -0.2) is 56.8 Å². The van der Waals surface area contributed by atoms with Crippen LogP contribution in [0.2, 0.25) is 0 Å². The number of rotatable bonds is 6. The van der Waals surface area contributed by atoms with Crippen molar-refractivity contribution in [2.45, 2.75) is 12.5 Å². The number of nitrogens with zero attached hydrogens (tertiary/aromatic N) is 3. The number of hydrogen-bond donors (Lipinski definition) is 2. The van der Waals surface area contributed by atoms with Gasteiger partial charge in [0.2, 0.25) is 0 Å². The fourth-order valence-electron chi connectivity index (χ4n) is 1.59. The molecule has 1 aliphatic heterocycles. The van der Waals surface area contributed by atoms with Gasteiger partial charge in [-0.25, -0.2) is 4.68 Å². The molecule has 18 heavy (non-hydrogen) atoms. The van der Waals surface area contributed by atoms with E-state index in [0.29, 0.717) is 30.5 Å². The number of carbonyl (C=O) groups is 1. The molecule has 1 aliphatic rings. The van der Waals surface area contributed by atoms with Crippen molar-refractivity contribution >= 4 is 16.7 Å². The van der Waals surface area contributed by atoms with E-state index in [9.17, 15) is 9.00 Å². The van der Waals surface area contributed by atoms with Crippen LogP contribution in [-0.2, 0) is 10.8 Å². The summed E-state index contributed by atoms with van der Waals surface area (Å²) in [5.41, 5.74) is 0.333. The smallest absolute Gasteiger partial charge is 0.273 e. The van der Waals surface area contributed by atoms with Gasteiger partial charge in [0.05, 0.1) is 12.2 Å². The molecule has 8 heteroatoms. The highest BCUT2D eigenvalue weighted by Crippen LogP contribution is 2.09. The standard InChI is InChI=1S/C10H17N5O2S/c1-18(17)4-2-3-12-10(16)9-7-15(14-13-9)8-5-11-6-8/h7-8,11H,2-6H2,1H3,(H,12,16). The van der Waals surface area contributed by atoms with Crippen LogP contribution in [0.4, 0.5) is 0 Å². The number of carbonyl (C=O) groups excluding carboxylic acids is 1. The van der Waals surface area contributed by atoms with Crippen molar-refractivity contribution in [3.63, 3.8) is 0 Å². The van der Waals surface area contributed by atoms with Gasteiger partial charge in [0.1, 0.15) is 0 Å². The lowest BCUT2D eigenvalue weighted by atomic mass is 10.2. The van der Waals surface area contributed by atoms with Gasteiger partial charge in [-0.2, -0.15) is 0 Å². The number of aromatic nitrogens is 3. The molecule has 1 fully saturated rings. The maximum atomic E-state index is 11.7. The summed E-state index contributed by atoms with van der Waals surface area (Å²) in [6, 6.07) is 0.307. The van der Waals surface area contributed by atoms with Crippen LogP contribution in [0.25, 0.3) is 0 Å². The Morgan fingerprint density at radius 3 is 3.06 bits per heavy atom. The Labute approximate surface area is 108 Å². The molecular formula is C10H17N5O2S. The average molecular weight is 271 g/mol. The minimum atomic E-state index is -0.811. The van der Waals surface area contributed by atoms with E-state index in [4.69, 9.17) is 0 Å². The van der Waals surface area contributed by atoms with Gasteiger partial charge in [0.15, 0.2) is 5.69 Å². The summed E-state index contributed by atoms with van der Waals surface area (Å²) in [7, 11) is -0.811. The lowest BCUT2D eigenvalue weighted by molar-refractivity contribution is 0.0948. The first-order valence-electron chi connectivity index (χ1n) is 5.87. The zero-order chi connectivity index (χ0) is 13.0.